The van der Waals surface area contributed by atoms with Crippen LogP contribution in [-0.4, -0.2) is 133 Å². The second kappa shape index (κ2) is 12.9. The molecule has 246 valence electrons. The number of hydrogen-bond donors (Lipinski definition) is 10. The molecule has 2 aliphatic heterocycles. The van der Waals surface area contributed by atoms with Crippen LogP contribution >= 0.6 is 0 Å². The number of benzene rings is 2. The number of aliphatic hydroxyl groups is 7. The Kier molecular flexibility index (Phi) is 9.38. The highest BCUT2D eigenvalue weighted by molar-refractivity contribution is 5.88. The summed E-state index contributed by atoms with van der Waals surface area (Å²) in [5.74, 6) is -2.38. The Balaban J connectivity index is 1.50. The van der Waals surface area contributed by atoms with Crippen molar-refractivity contribution in [3.05, 3.63) is 40.6 Å². The fraction of sp³-hybridized carbons (Fsp3) is 0.464. The van der Waals surface area contributed by atoms with E-state index < -0.39 is 103 Å². The molecule has 45 heavy (non-hydrogen) atoms. The number of aliphatic hydroxyl groups excluding tert-OH is 7. The highest BCUT2D eigenvalue weighted by Gasteiger charge is 2.51. The fourth-order valence-corrected chi connectivity index (χ4v) is 5.15. The molecule has 2 aromatic carbocycles. The van der Waals surface area contributed by atoms with E-state index in [2.05, 4.69) is 0 Å². The van der Waals surface area contributed by atoms with Crippen LogP contribution in [-0.2, 0) is 14.2 Å². The molecule has 0 bridgehead atoms. The highest BCUT2D eigenvalue weighted by Crippen LogP contribution is 2.40. The molecule has 17 nitrogen and oxygen atoms in total. The van der Waals surface area contributed by atoms with Crippen molar-refractivity contribution in [3.8, 4) is 40.1 Å². The van der Waals surface area contributed by atoms with Crippen molar-refractivity contribution >= 4 is 11.0 Å². The van der Waals surface area contributed by atoms with Gasteiger partial charge in [0.15, 0.2) is 23.5 Å². The van der Waals surface area contributed by atoms with Gasteiger partial charge in [0, 0.05) is 17.7 Å². The van der Waals surface area contributed by atoms with Gasteiger partial charge in [-0.15, -0.1) is 0 Å². The van der Waals surface area contributed by atoms with Gasteiger partial charge in [-0.25, -0.2) is 0 Å². The summed E-state index contributed by atoms with van der Waals surface area (Å²) in [4.78, 5) is 13.7. The minimum Gasteiger partial charge on any atom is -0.508 e. The first kappa shape index (κ1) is 32.6. The molecule has 0 unspecified atom stereocenters. The van der Waals surface area contributed by atoms with Crippen molar-refractivity contribution in [1.82, 2.24) is 0 Å². The lowest BCUT2D eigenvalue weighted by Crippen LogP contribution is -2.65. The Morgan fingerprint density at radius 2 is 1.44 bits per heavy atom. The largest absolute Gasteiger partial charge is 0.508 e. The van der Waals surface area contributed by atoms with E-state index in [1.54, 1.807) is 0 Å². The van der Waals surface area contributed by atoms with Crippen LogP contribution < -0.4 is 14.9 Å². The smallest absolute Gasteiger partial charge is 0.239 e. The maximum Gasteiger partial charge on any atom is 0.239 e. The van der Waals surface area contributed by atoms with Crippen LogP contribution in [0.1, 0.15) is 0 Å². The van der Waals surface area contributed by atoms with Gasteiger partial charge in [-0.2, -0.15) is 0 Å². The summed E-state index contributed by atoms with van der Waals surface area (Å²) < 4.78 is 33.1. The highest BCUT2D eigenvalue weighted by atomic mass is 16.7. The summed E-state index contributed by atoms with van der Waals surface area (Å²) in [7, 11) is 1.27. The maximum absolute atomic E-state index is 13.7. The Bertz CT molecular complexity index is 1570. The second-order valence-corrected chi connectivity index (χ2v) is 10.4. The molecule has 0 amide bonds. The van der Waals surface area contributed by atoms with E-state index in [0.29, 0.717) is 0 Å². The number of methoxy groups -OCH3 is 1. The Hall–Kier alpha value is -3.75. The van der Waals surface area contributed by atoms with Crippen molar-refractivity contribution in [2.24, 2.45) is 0 Å². The summed E-state index contributed by atoms with van der Waals surface area (Å²) in [5, 5.41) is 102. The molecule has 5 rings (SSSR count). The monoisotopic (exact) mass is 640 g/mol. The van der Waals surface area contributed by atoms with Crippen molar-refractivity contribution in [2.45, 2.75) is 61.4 Å². The van der Waals surface area contributed by atoms with E-state index >= 15 is 0 Å². The third kappa shape index (κ3) is 5.98. The molecule has 17 heteroatoms. The Morgan fingerprint density at radius 3 is 2.11 bits per heavy atom. The predicted molar refractivity (Wildman–Crippen MR) is 146 cm³/mol. The van der Waals surface area contributed by atoms with Gasteiger partial charge in [0.05, 0.1) is 20.3 Å². The molecule has 2 aliphatic rings. The summed E-state index contributed by atoms with van der Waals surface area (Å²) >= 11 is 0. The van der Waals surface area contributed by atoms with E-state index in [9.17, 15) is 55.9 Å². The number of hydrogen-bond acceptors (Lipinski definition) is 17. The Morgan fingerprint density at radius 1 is 0.778 bits per heavy atom. The van der Waals surface area contributed by atoms with Gasteiger partial charge in [0.2, 0.25) is 17.5 Å². The minimum atomic E-state index is -2.02. The fourth-order valence-electron chi connectivity index (χ4n) is 5.15. The van der Waals surface area contributed by atoms with E-state index in [4.69, 9.17) is 28.1 Å². The molecule has 1 aromatic heterocycles. The molecule has 0 spiro atoms. The summed E-state index contributed by atoms with van der Waals surface area (Å²) in [6, 6.07) is 5.76. The zero-order valence-corrected chi connectivity index (χ0v) is 23.4. The molecule has 0 saturated carbocycles. The average Bonchev–Trinajstić information content (AvgIpc) is 3.01. The molecule has 2 saturated heterocycles. The molecule has 3 aromatic rings. The van der Waals surface area contributed by atoms with Gasteiger partial charge in [-0.3, -0.25) is 4.79 Å². The number of rotatable bonds is 8. The summed E-state index contributed by atoms with van der Waals surface area (Å²) in [6.07, 6.45) is -17.5. The van der Waals surface area contributed by atoms with Crippen LogP contribution in [0.4, 0.5) is 0 Å². The first-order valence-electron chi connectivity index (χ1n) is 13.5. The van der Waals surface area contributed by atoms with Crippen molar-refractivity contribution in [3.63, 3.8) is 0 Å². The van der Waals surface area contributed by atoms with Gasteiger partial charge in [-0.1, -0.05) is 0 Å². The van der Waals surface area contributed by atoms with Crippen LogP contribution in [0.3, 0.4) is 0 Å². The summed E-state index contributed by atoms with van der Waals surface area (Å²) in [6.45, 7) is -1.64. The lowest BCUT2D eigenvalue weighted by atomic mass is 9.97. The van der Waals surface area contributed by atoms with Crippen LogP contribution in [0, 0.1) is 0 Å². The number of phenols is 3. The van der Waals surface area contributed by atoms with Crippen LogP contribution in [0.2, 0.25) is 0 Å². The van der Waals surface area contributed by atoms with E-state index in [1.165, 1.54) is 25.3 Å². The zero-order valence-electron chi connectivity index (χ0n) is 23.4. The third-order valence-electron chi connectivity index (χ3n) is 7.55. The SMILES string of the molecule is COc1cc(-c2oc3cc(O)cc(O)c3c(=O)c2O[C@@H]2O[C@H](CO)[C@@H](O[C@@H]3O[C@H](CO)[C@@H](O)[C@H](O)[C@H]3O)[C@H](O)[C@H]2O)ccc1O. The maximum atomic E-state index is 13.7. The molecule has 0 radical (unpaired) electrons. The second-order valence-electron chi connectivity index (χ2n) is 10.4. The zero-order chi connectivity index (χ0) is 32.7. The lowest BCUT2D eigenvalue weighted by molar-refractivity contribution is -0.352. The third-order valence-corrected chi connectivity index (χ3v) is 7.55. The predicted octanol–water partition coefficient (Wildman–Crippen LogP) is -2.41. The van der Waals surface area contributed by atoms with Gasteiger partial charge in [-0.05, 0) is 18.2 Å². The molecular weight excluding hydrogens is 608 g/mol. The average molecular weight is 641 g/mol. The van der Waals surface area contributed by atoms with Crippen molar-refractivity contribution in [1.29, 1.82) is 0 Å². The number of aromatic hydroxyl groups is 3. The van der Waals surface area contributed by atoms with Crippen molar-refractivity contribution in [2.75, 3.05) is 20.3 Å². The van der Waals surface area contributed by atoms with Gasteiger partial charge >= 0.3 is 0 Å². The molecular formula is C28H32O17. The molecule has 0 aliphatic carbocycles. The van der Waals surface area contributed by atoms with Crippen LogP contribution in [0.15, 0.2) is 39.5 Å². The molecule has 3 heterocycles. The first-order valence-corrected chi connectivity index (χ1v) is 13.5. The lowest BCUT2D eigenvalue weighted by Gasteiger charge is -2.45. The number of fused-ring (bicyclic) bond motifs is 1. The number of phenolic OH excluding ortho intramolecular Hbond substituents is 3. The number of ether oxygens (including phenoxy) is 5. The molecule has 2 fully saturated rings. The topological polar surface area (TPSA) is 279 Å². The Labute approximate surface area is 252 Å². The van der Waals surface area contributed by atoms with Gasteiger partial charge < -0.3 is 79.2 Å². The summed E-state index contributed by atoms with van der Waals surface area (Å²) in [5.41, 5.74) is -1.17. The molecule has 10 N–H and O–H groups in total. The quantitative estimate of drug-likeness (QED) is 0.123. The van der Waals surface area contributed by atoms with E-state index in [0.717, 1.165) is 12.1 Å². The minimum absolute atomic E-state index is 0.0298. The standard InChI is InChI=1S/C28H32O17/c1-40-13-4-9(2-3-11(13)32)24-26(19(35)17-12(33)5-10(31)6-14(17)41-24)45-28-23(39)21(37)25(16(8-30)43-28)44-27-22(38)20(36)18(34)15(7-29)42-27/h2-6,15-16,18,20-23,25,27-34,36-39H,7-8H2,1H3/t15-,16-,18-,20+,21-,22-,23-,25-,27+,28+/m1/s1. The van der Waals surface area contributed by atoms with Gasteiger partial charge in [0.1, 0.15) is 71.3 Å². The van der Waals surface area contributed by atoms with E-state index in [-0.39, 0.29) is 28.4 Å². The van der Waals surface area contributed by atoms with Crippen LogP contribution in [0.25, 0.3) is 22.3 Å². The molecule has 10 atom stereocenters. The van der Waals surface area contributed by atoms with E-state index in [1.807, 2.05) is 0 Å². The normalized spacial score (nSPS) is 32.0. The van der Waals surface area contributed by atoms with Gasteiger partial charge in [0.25, 0.3) is 0 Å². The first-order chi connectivity index (χ1) is 21.4. The van der Waals surface area contributed by atoms with Crippen LogP contribution in [0.5, 0.6) is 28.7 Å². The van der Waals surface area contributed by atoms with Crippen molar-refractivity contribution < 1.29 is 79.2 Å².